The van der Waals surface area contributed by atoms with Gasteiger partial charge in [0.2, 0.25) is 0 Å². The van der Waals surface area contributed by atoms with Crippen molar-refractivity contribution in [3.8, 4) is 0 Å². The summed E-state index contributed by atoms with van der Waals surface area (Å²) < 4.78 is 29.3. The van der Waals surface area contributed by atoms with E-state index in [1.165, 1.54) is 30.7 Å². The van der Waals surface area contributed by atoms with Crippen molar-refractivity contribution in [3.05, 3.63) is 89.8 Å². The van der Waals surface area contributed by atoms with Gasteiger partial charge < -0.3 is 14.8 Å². The lowest BCUT2D eigenvalue weighted by Crippen LogP contribution is -2.30. The van der Waals surface area contributed by atoms with Crippen LogP contribution < -0.4 is 10.2 Å². The Bertz CT molecular complexity index is 1290. The molecule has 0 aliphatic carbocycles. The van der Waals surface area contributed by atoms with Crippen molar-refractivity contribution in [1.29, 1.82) is 0 Å². The molecule has 3 heterocycles. The van der Waals surface area contributed by atoms with E-state index in [9.17, 15) is 13.6 Å². The summed E-state index contributed by atoms with van der Waals surface area (Å²) in [5, 5.41) is 3.50. The second-order valence-corrected chi connectivity index (χ2v) is 8.36. The zero-order valence-electron chi connectivity index (χ0n) is 18.1. The summed E-state index contributed by atoms with van der Waals surface area (Å²) >= 11 is 0. The molecule has 0 atom stereocenters. The maximum atomic E-state index is 13.8. The van der Waals surface area contributed by atoms with Gasteiger partial charge in [-0.05, 0) is 73.4 Å². The van der Waals surface area contributed by atoms with Crippen molar-refractivity contribution in [1.82, 2.24) is 9.55 Å². The molecular formula is C26H24F2N4O. The van der Waals surface area contributed by atoms with E-state index >= 15 is 0 Å². The van der Waals surface area contributed by atoms with Crippen molar-refractivity contribution in [2.45, 2.75) is 25.8 Å². The number of carbonyl (C=O) groups is 1. The molecule has 5 nitrogen and oxygen atoms in total. The molecule has 1 aliphatic heterocycles. The van der Waals surface area contributed by atoms with Crippen LogP contribution in [0.15, 0.2) is 66.9 Å². The minimum Gasteiger partial charge on any atom is -0.357 e. The van der Waals surface area contributed by atoms with E-state index in [4.69, 9.17) is 0 Å². The first-order chi connectivity index (χ1) is 16.1. The molecule has 5 rings (SSSR count). The molecule has 1 N–H and O–H groups in total. The average molecular weight is 447 g/mol. The number of halogens is 2. The van der Waals surface area contributed by atoms with E-state index in [1.54, 1.807) is 35.0 Å². The topological polar surface area (TPSA) is 50.2 Å². The number of benzene rings is 2. The van der Waals surface area contributed by atoms with Gasteiger partial charge in [0.15, 0.2) is 0 Å². The van der Waals surface area contributed by atoms with Crippen molar-refractivity contribution < 1.29 is 13.6 Å². The Labute approximate surface area is 190 Å². The second kappa shape index (κ2) is 9.02. The Kier molecular flexibility index (Phi) is 5.77. The Morgan fingerprint density at radius 1 is 0.939 bits per heavy atom. The van der Waals surface area contributed by atoms with Crippen LogP contribution in [0.25, 0.3) is 10.9 Å². The first-order valence-electron chi connectivity index (χ1n) is 11.1. The van der Waals surface area contributed by atoms with E-state index in [-0.39, 0.29) is 24.1 Å². The van der Waals surface area contributed by atoms with E-state index in [0.29, 0.717) is 27.8 Å². The Balaban J connectivity index is 1.42. The third-order valence-corrected chi connectivity index (χ3v) is 6.01. The van der Waals surface area contributed by atoms with Crippen molar-refractivity contribution in [2.24, 2.45) is 0 Å². The van der Waals surface area contributed by atoms with Gasteiger partial charge in [0.05, 0.1) is 11.9 Å². The number of nitrogens with one attached hydrogen (secondary N) is 1. The average Bonchev–Trinajstić information content (AvgIpc) is 3.17. The van der Waals surface area contributed by atoms with Crippen LogP contribution in [0, 0.1) is 11.6 Å². The number of rotatable bonds is 5. The van der Waals surface area contributed by atoms with Gasteiger partial charge in [-0.1, -0.05) is 12.1 Å². The number of piperidine rings is 1. The van der Waals surface area contributed by atoms with Gasteiger partial charge in [0, 0.05) is 30.5 Å². The van der Waals surface area contributed by atoms with Crippen molar-refractivity contribution in [2.75, 3.05) is 23.3 Å². The Hall–Kier alpha value is -3.74. The molecular weight excluding hydrogens is 422 g/mol. The highest BCUT2D eigenvalue weighted by atomic mass is 19.1. The molecule has 2 aromatic carbocycles. The fourth-order valence-corrected chi connectivity index (χ4v) is 4.38. The summed E-state index contributed by atoms with van der Waals surface area (Å²) in [6, 6.07) is 16.0. The third-order valence-electron chi connectivity index (χ3n) is 6.01. The second-order valence-electron chi connectivity index (χ2n) is 8.36. The van der Waals surface area contributed by atoms with Crippen LogP contribution in [0.5, 0.6) is 0 Å². The predicted molar refractivity (Wildman–Crippen MR) is 126 cm³/mol. The van der Waals surface area contributed by atoms with E-state index < -0.39 is 0 Å². The van der Waals surface area contributed by atoms with E-state index in [1.807, 2.05) is 12.1 Å². The van der Waals surface area contributed by atoms with Crippen molar-refractivity contribution >= 4 is 28.3 Å². The first kappa shape index (κ1) is 21.1. The van der Waals surface area contributed by atoms with Crippen LogP contribution in [0.1, 0.15) is 35.3 Å². The highest BCUT2D eigenvalue weighted by Crippen LogP contribution is 2.24. The largest absolute Gasteiger partial charge is 0.357 e. The minimum atomic E-state index is -0.380. The van der Waals surface area contributed by atoms with Crippen LogP contribution >= 0.6 is 0 Å². The van der Waals surface area contributed by atoms with Gasteiger partial charge in [-0.25, -0.2) is 13.8 Å². The standard InChI is InChI=1S/C26H24F2N4O/c27-20-6-4-5-18(13-20)17-32-23-9-7-21(28)14-19(23)15-24(32)26(33)30-22-8-10-25(29-16-22)31-11-2-1-3-12-31/h4-10,13-16H,1-3,11-12,17H2,(H,30,33). The molecule has 33 heavy (non-hydrogen) atoms. The fourth-order valence-electron chi connectivity index (χ4n) is 4.38. The molecule has 168 valence electrons. The molecule has 0 radical (unpaired) electrons. The molecule has 0 spiro atoms. The molecule has 4 aromatic rings. The number of hydrogen-bond acceptors (Lipinski definition) is 3. The molecule has 1 fully saturated rings. The summed E-state index contributed by atoms with van der Waals surface area (Å²) in [6.45, 7) is 2.27. The molecule has 0 bridgehead atoms. The summed E-state index contributed by atoms with van der Waals surface area (Å²) in [5.41, 5.74) is 2.34. The summed E-state index contributed by atoms with van der Waals surface area (Å²) in [6.07, 6.45) is 5.23. The molecule has 0 saturated carbocycles. The maximum absolute atomic E-state index is 13.8. The maximum Gasteiger partial charge on any atom is 0.272 e. The van der Waals surface area contributed by atoms with Gasteiger partial charge in [0.25, 0.3) is 5.91 Å². The molecule has 2 aromatic heterocycles. The SMILES string of the molecule is O=C(Nc1ccc(N2CCCCC2)nc1)c1cc2cc(F)ccc2n1Cc1cccc(F)c1. The van der Waals surface area contributed by atoms with Gasteiger partial charge in [-0.3, -0.25) is 4.79 Å². The van der Waals surface area contributed by atoms with Gasteiger partial charge in [0.1, 0.15) is 23.1 Å². The molecule has 0 unspecified atom stereocenters. The van der Waals surface area contributed by atoms with Gasteiger partial charge in [-0.15, -0.1) is 0 Å². The van der Waals surface area contributed by atoms with Crippen LogP contribution in [-0.4, -0.2) is 28.5 Å². The Morgan fingerprint density at radius 3 is 2.52 bits per heavy atom. The number of fused-ring (bicyclic) bond motifs is 1. The summed E-state index contributed by atoms with van der Waals surface area (Å²) in [5.74, 6) is -0.158. The lowest BCUT2D eigenvalue weighted by molar-refractivity contribution is 0.101. The quantitative estimate of drug-likeness (QED) is 0.434. The van der Waals surface area contributed by atoms with Crippen LogP contribution in [0.4, 0.5) is 20.3 Å². The number of nitrogens with zero attached hydrogens (tertiary/aromatic N) is 3. The van der Waals surface area contributed by atoms with Crippen LogP contribution in [-0.2, 0) is 6.54 Å². The number of amides is 1. The molecule has 1 saturated heterocycles. The monoisotopic (exact) mass is 446 g/mol. The normalized spacial score (nSPS) is 13.9. The predicted octanol–water partition coefficient (Wildman–Crippen LogP) is 5.61. The zero-order valence-corrected chi connectivity index (χ0v) is 18.1. The number of carbonyl (C=O) groups excluding carboxylic acids is 1. The van der Waals surface area contributed by atoms with Crippen LogP contribution in [0.3, 0.4) is 0 Å². The third kappa shape index (κ3) is 4.58. The lowest BCUT2D eigenvalue weighted by Gasteiger charge is -2.27. The minimum absolute atomic E-state index is 0.280. The number of pyridine rings is 1. The smallest absolute Gasteiger partial charge is 0.272 e. The zero-order chi connectivity index (χ0) is 22.8. The van der Waals surface area contributed by atoms with E-state index in [2.05, 4.69) is 15.2 Å². The fraction of sp³-hybridized carbons (Fsp3) is 0.231. The highest BCUT2D eigenvalue weighted by Gasteiger charge is 2.18. The highest BCUT2D eigenvalue weighted by molar-refractivity contribution is 6.06. The molecule has 7 heteroatoms. The first-order valence-corrected chi connectivity index (χ1v) is 11.1. The van der Waals surface area contributed by atoms with Crippen molar-refractivity contribution in [3.63, 3.8) is 0 Å². The lowest BCUT2D eigenvalue weighted by atomic mass is 10.1. The number of anilines is 2. The van der Waals surface area contributed by atoms with E-state index in [0.717, 1.165) is 31.7 Å². The van der Waals surface area contributed by atoms with Crippen LogP contribution in [0.2, 0.25) is 0 Å². The Morgan fingerprint density at radius 2 is 1.76 bits per heavy atom. The van der Waals surface area contributed by atoms with Gasteiger partial charge >= 0.3 is 0 Å². The molecule has 1 aliphatic rings. The van der Waals surface area contributed by atoms with Gasteiger partial charge in [-0.2, -0.15) is 0 Å². The number of aromatic nitrogens is 2. The summed E-state index contributed by atoms with van der Waals surface area (Å²) in [7, 11) is 0. The number of hydrogen-bond donors (Lipinski definition) is 1. The summed E-state index contributed by atoms with van der Waals surface area (Å²) in [4.78, 5) is 20.0. The molecule has 1 amide bonds.